The summed E-state index contributed by atoms with van der Waals surface area (Å²) in [6.07, 6.45) is 1.80. The van der Waals surface area contributed by atoms with E-state index in [1.807, 2.05) is 0 Å². The van der Waals surface area contributed by atoms with E-state index in [-0.39, 0.29) is 5.88 Å². The van der Waals surface area contributed by atoms with Crippen LogP contribution in [0, 0.1) is 0 Å². The standard InChI is InChI=1S/C5H11NO2S/c7-9(8)4-2-1-3-6-5-9/h6H,1-5H2. The molecule has 0 bridgehead atoms. The second kappa shape index (κ2) is 2.66. The molecule has 1 saturated heterocycles. The first-order valence-corrected chi connectivity index (χ1v) is 4.94. The van der Waals surface area contributed by atoms with Crippen molar-refractivity contribution in [1.29, 1.82) is 0 Å². The fourth-order valence-corrected chi connectivity index (χ4v) is 2.12. The maximum atomic E-state index is 10.8. The van der Waals surface area contributed by atoms with E-state index in [9.17, 15) is 8.42 Å². The van der Waals surface area contributed by atoms with Gasteiger partial charge in [0.05, 0.1) is 11.6 Å². The molecule has 1 fully saturated rings. The van der Waals surface area contributed by atoms with Crippen LogP contribution in [0.5, 0.6) is 0 Å². The molecule has 0 saturated carbocycles. The number of rotatable bonds is 0. The van der Waals surface area contributed by atoms with Gasteiger partial charge in [-0.1, -0.05) is 0 Å². The molecule has 0 unspecified atom stereocenters. The van der Waals surface area contributed by atoms with E-state index in [1.165, 1.54) is 0 Å². The molecule has 0 atom stereocenters. The van der Waals surface area contributed by atoms with Gasteiger partial charge in [-0.05, 0) is 19.4 Å². The predicted molar refractivity (Wildman–Crippen MR) is 35.9 cm³/mol. The van der Waals surface area contributed by atoms with Crippen molar-refractivity contribution >= 4 is 9.84 Å². The fourth-order valence-electron chi connectivity index (χ4n) is 0.872. The van der Waals surface area contributed by atoms with E-state index >= 15 is 0 Å². The molecular formula is C5H11NO2S. The highest BCUT2D eigenvalue weighted by molar-refractivity contribution is 7.91. The Balaban J connectivity index is 2.56. The monoisotopic (exact) mass is 149 g/mol. The van der Waals surface area contributed by atoms with Gasteiger partial charge in [-0.15, -0.1) is 0 Å². The Labute approximate surface area is 55.4 Å². The van der Waals surface area contributed by atoms with Crippen molar-refractivity contribution in [1.82, 2.24) is 5.32 Å². The molecule has 0 aromatic heterocycles. The Kier molecular flexibility index (Phi) is 2.08. The summed E-state index contributed by atoms with van der Waals surface area (Å²) in [6.45, 7) is 0.846. The van der Waals surface area contributed by atoms with Gasteiger partial charge in [0.15, 0.2) is 9.84 Å². The molecule has 0 radical (unpaired) electrons. The lowest BCUT2D eigenvalue weighted by Crippen LogP contribution is -2.21. The van der Waals surface area contributed by atoms with Gasteiger partial charge in [0.1, 0.15) is 0 Å². The van der Waals surface area contributed by atoms with E-state index in [1.54, 1.807) is 0 Å². The Morgan fingerprint density at radius 3 is 2.78 bits per heavy atom. The third kappa shape index (κ3) is 2.32. The maximum Gasteiger partial charge on any atom is 0.163 e. The molecule has 1 N–H and O–H groups in total. The third-order valence-electron chi connectivity index (χ3n) is 1.38. The minimum absolute atomic E-state index is 0.174. The van der Waals surface area contributed by atoms with Gasteiger partial charge in [0.25, 0.3) is 0 Å². The first-order valence-electron chi connectivity index (χ1n) is 3.12. The zero-order valence-electron chi connectivity index (χ0n) is 5.26. The van der Waals surface area contributed by atoms with E-state index in [2.05, 4.69) is 5.32 Å². The largest absolute Gasteiger partial charge is 0.304 e. The van der Waals surface area contributed by atoms with Gasteiger partial charge in [0, 0.05) is 0 Å². The van der Waals surface area contributed by atoms with Crippen LogP contribution < -0.4 is 5.32 Å². The van der Waals surface area contributed by atoms with Crippen molar-refractivity contribution in [3.63, 3.8) is 0 Å². The van der Waals surface area contributed by atoms with Gasteiger partial charge in [0.2, 0.25) is 0 Å². The summed E-state index contributed by atoms with van der Waals surface area (Å²) in [6, 6.07) is 0. The Bertz CT molecular complexity index is 159. The summed E-state index contributed by atoms with van der Waals surface area (Å²) in [4.78, 5) is 0. The van der Waals surface area contributed by atoms with Crippen molar-refractivity contribution in [2.45, 2.75) is 12.8 Å². The van der Waals surface area contributed by atoms with Gasteiger partial charge in [-0.2, -0.15) is 0 Å². The van der Waals surface area contributed by atoms with E-state index in [0.717, 1.165) is 19.4 Å². The van der Waals surface area contributed by atoms with Crippen LogP contribution in [-0.4, -0.2) is 26.6 Å². The van der Waals surface area contributed by atoms with Crippen molar-refractivity contribution in [2.24, 2.45) is 0 Å². The highest BCUT2D eigenvalue weighted by Gasteiger charge is 2.12. The van der Waals surface area contributed by atoms with Crippen LogP contribution in [0.2, 0.25) is 0 Å². The molecule has 4 heteroatoms. The number of hydrogen-bond acceptors (Lipinski definition) is 3. The lowest BCUT2D eigenvalue weighted by atomic mass is 10.3. The molecular weight excluding hydrogens is 138 g/mol. The quantitative estimate of drug-likeness (QED) is 0.516. The van der Waals surface area contributed by atoms with Crippen LogP contribution in [0.15, 0.2) is 0 Å². The minimum Gasteiger partial charge on any atom is -0.304 e. The normalized spacial score (nSPS) is 27.1. The van der Waals surface area contributed by atoms with Crippen molar-refractivity contribution in [2.75, 3.05) is 18.2 Å². The van der Waals surface area contributed by atoms with Crippen LogP contribution in [-0.2, 0) is 9.84 Å². The molecule has 0 aromatic rings. The summed E-state index contributed by atoms with van der Waals surface area (Å²) in [5, 5.41) is 2.85. The highest BCUT2D eigenvalue weighted by Crippen LogP contribution is 1.99. The van der Waals surface area contributed by atoms with Crippen LogP contribution in [0.25, 0.3) is 0 Å². The smallest absolute Gasteiger partial charge is 0.163 e. The van der Waals surface area contributed by atoms with Gasteiger partial charge in [-0.3, -0.25) is 0 Å². The number of nitrogens with one attached hydrogen (secondary N) is 1. The molecule has 0 amide bonds. The lowest BCUT2D eigenvalue weighted by molar-refractivity contribution is 0.593. The lowest BCUT2D eigenvalue weighted by Gasteiger charge is -1.95. The van der Waals surface area contributed by atoms with Crippen molar-refractivity contribution in [3.05, 3.63) is 0 Å². The molecule has 0 aromatic carbocycles. The average molecular weight is 149 g/mol. The summed E-state index contributed by atoms with van der Waals surface area (Å²) in [7, 11) is -2.73. The first kappa shape index (κ1) is 7.02. The molecule has 9 heavy (non-hydrogen) atoms. The summed E-state index contributed by atoms with van der Waals surface area (Å²) in [5.41, 5.74) is 0. The molecule has 0 spiro atoms. The van der Waals surface area contributed by atoms with Crippen molar-refractivity contribution in [3.8, 4) is 0 Å². The van der Waals surface area contributed by atoms with Gasteiger partial charge in [-0.25, -0.2) is 8.42 Å². The molecule has 0 aliphatic carbocycles. The van der Waals surface area contributed by atoms with Gasteiger partial charge >= 0.3 is 0 Å². The molecule has 1 aliphatic heterocycles. The number of hydrogen-bond donors (Lipinski definition) is 1. The second-order valence-electron chi connectivity index (χ2n) is 2.30. The predicted octanol–water partition coefficient (Wildman–Crippen LogP) is -0.258. The summed E-state index contributed by atoms with van der Waals surface area (Å²) in [5.74, 6) is 0.535. The average Bonchev–Trinajstić information content (AvgIpc) is 1.92. The highest BCUT2D eigenvalue weighted by atomic mass is 32.2. The Hall–Kier alpha value is -0.0900. The zero-order valence-corrected chi connectivity index (χ0v) is 6.08. The fraction of sp³-hybridized carbons (Fsp3) is 1.00. The summed E-state index contributed by atoms with van der Waals surface area (Å²) < 4.78 is 21.6. The molecule has 3 nitrogen and oxygen atoms in total. The van der Waals surface area contributed by atoms with Crippen molar-refractivity contribution < 1.29 is 8.42 Å². The topological polar surface area (TPSA) is 46.2 Å². The SMILES string of the molecule is O=S1(=O)CCCCNC1. The van der Waals surface area contributed by atoms with E-state index < -0.39 is 9.84 Å². The Morgan fingerprint density at radius 2 is 2.00 bits per heavy atom. The van der Waals surface area contributed by atoms with Crippen LogP contribution >= 0.6 is 0 Å². The van der Waals surface area contributed by atoms with Gasteiger partial charge < -0.3 is 5.32 Å². The first-order chi connectivity index (χ1) is 4.21. The zero-order chi connectivity index (χ0) is 6.74. The molecule has 1 aliphatic rings. The summed E-state index contributed by atoms with van der Waals surface area (Å²) >= 11 is 0. The maximum absolute atomic E-state index is 10.8. The minimum atomic E-state index is -2.73. The van der Waals surface area contributed by atoms with E-state index in [0.29, 0.717) is 5.75 Å². The third-order valence-corrected chi connectivity index (χ3v) is 2.94. The molecule has 1 heterocycles. The van der Waals surface area contributed by atoms with Crippen LogP contribution in [0.1, 0.15) is 12.8 Å². The van der Waals surface area contributed by atoms with E-state index in [4.69, 9.17) is 0 Å². The van der Waals surface area contributed by atoms with Crippen LogP contribution in [0.4, 0.5) is 0 Å². The number of sulfone groups is 1. The molecule has 1 rings (SSSR count). The molecule has 54 valence electrons. The van der Waals surface area contributed by atoms with Crippen LogP contribution in [0.3, 0.4) is 0 Å². The Morgan fingerprint density at radius 1 is 1.22 bits per heavy atom. The second-order valence-corrected chi connectivity index (χ2v) is 4.48.